The lowest BCUT2D eigenvalue weighted by Gasteiger charge is -2.53. The zero-order chi connectivity index (χ0) is 22.5. The molecule has 4 atom stereocenters. The van der Waals surface area contributed by atoms with Gasteiger partial charge in [-0.1, -0.05) is 78.9 Å². The van der Waals surface area contributed by atoms with Gasteiger partial charge in [0.2, 0.25) is 0 Å². The van der Waals surface area contributed by atoms with Gasteiger partial charge >= 0.3 is 6.09 Å². The van der Waals surface area contributed by atoms with Crippen LogP contribution >= 0.6 is 0 Å². The molecule has 0 spiro atoms. The van der Waals surface area contributed by atoms with Crippen molar-refractivity contribution in [2.75, 3.05) is 6.61 Å². The number of nitrogens with zero attached hydrogens (tertiary/aromatic N) is 1. The van der Waals surface area contributed by atoms with Crippen LogP contribution < -0.4 is 0 Å². The van der Waals surface area contributed by atoms with Gasteiger partial charge < -0.3 is 4.74 Å². The monoisotopic (exact) mass is 425 g/mol. The van der Waals surface area contributed by atoms with Gasteiger partial charge in [-0.2, -0.15) is 0 Å². The Kier molecular flexibility index (Phi) is 4.70. The third kappa shape index (κ3) is 2.44. The number of Topliss-reactive ketones (excluding diaryl/α,β-unsaturated/α-hetero) is 1. The molecule has 0 saturated heterocycles. The molecule has 1 amide bonds. The van der Waals surface area contributed by atoms with Crippen LogP contribution in [0.25, 0.3) is 5.57 Å². The van der Waals surface area contributed by atoms with Crippen molar-refractivity contribution < 1.29 is 14.3 Å². The minimum Gasteiger partial charge on any atom is -0.449 e. The SMILES string of the molecule is CCOC(=O)N1C=C[C@@H]2C=C[C@H]1[C@@]1(C)C(=O)C(C)=C(c3ccccc3)[C@]21c1ccccc1. The van der Waals surface area contributed by atoms with Crippen molar-refractivity contribution in [3.8, 4) is 0 Å². The Morgan fingerprint density at radius 2 is 1.66 bits per heavy atom. The second kappa shape index (κ2) is 7.33. The average Bonchev–Trinajstić information content (AvgIpc) is 2.99. The van der Waals surface area contributed by atoms with Crippen LogP contribution in [-0.4, -0.2) is 29.4 Å². The first-order chi connectivity index (χ1) is 15.5. The molecule has 6 rings (SSSR count). The molecule has 0 fully saturated rings. The van der Waals surface area contributed by atoms with Crippen LogP contribution in [0.3, 0.4) is 0 Å². The Bertz CT molecular complexity index is 1160. The summed E-state index contributed by atoms with van der Waals surface area (Å²) in [7, 11) is 0. The Hall–Kier alpha value is -3.40. The molecule has 0 radical (unpaired) electrons. The second-order valence-corrected chi connectivity index (χ2v) is 8.87. The molecule has 2 aromatic rings. The molecule has 4 nitrogen and oxygen atoms in total. The predicted molar refractivity (Wildman–Crippen MR) is 125 cm³/mol. The first-order valence-corrected chi connectivity index (χ1v) is 11.2. The summed E-state index contributed by atoms with van der Waals surface area (Å²) in [5, 5.41) is 0. The van der Waals surface area contributed by atoms with Gasteiger partial charge in [0.15, 0.2) is 5.78 Å². The highest BCUT2D eigenvalue weighted by Gasteiger charge is 2.69. The van der Waals surface area contributed by atoms with Crippen molar-refractivity contribution in [1.29, 1.82) is 0 Å². The first-order valence-electron chi connectivity index (χ1n) is 11.2. The number of hydrogen-bond donors (Lipinski definition) is 0. The zero-order valence-corrected chi connectivity index (χ0v) is 18.6. The van der Waals surface area contributed by atoms with Crippen LogP contribution in [-0.2, 0) is 14.9 Å². The van der Waals surface area contributed by atoms with E-state index in [1.807, 2.05) is 62.5 Å². The van der Waals surface area contributed by atoms with E-state index in [2.05, 4.69) is 36.4 Å². The summed E-state index contributed by atoms with van der Waals surface area (Å²) >= 11 is 0. The Morgan fingerprint density at radius 3 is 2.31 bits per heavy atom. The normalized spacial score (nSPS) is 30.5. The highest BCUT2D eigenvalue weighted by molar-refractivity contribution is 6.15. The number of hydrogen-bond acceptors (Lipinski definition) is 3. The summed E-state index contributed by atoms with van der Waals surface area (Å²) in [5.74, 6) is -0.0141. The molecular weight excluding hydrogens is 398 g/mol. The van der Waals surface area contributed by atoms with E-state index in [0.717, 1.165) is 22.3 Å². The molecule has 2 heterocycles. The van der Waals surface area contributed by atoms with Gasteiger partial charge in [-0.3, -0.25) is 9.69 Å². The highest BCUT2D eigenvalue weighted by atomic mass is 16.6. The third-order valence-electron chi connectivity index (χ3n) is 7.52. The lowest BCUT2D eigenvalue weighted by Crippen LogP contribution is -2.60. The first kappa shape index (κ1) is 20.5. The van der Waals surface area contributed by atoms with Gasteiger partial charge in [-0.15, -0.1) is 0 Å². The highest BCUT2D eigenvalue weighted by Crippen LogP contribution is 2.67. The predicted octanol–water partition coefficient (Wildman–Crippen LogP) is 5.53. The maximum Gasteiger partial charge on any atom is 0.414 e. The second-order valence-electron chi connectivity index (χ2n) is 8.87. The third-order valence-corrected chi connectivity index (χ3v) is 7.52. The van der Waals surface area contributed by atoms with E-state index in [-0.39, 0.29) is 18.3 Å². The number of ketones is 1. The standard InChI is InChI=1S/C28H27NO3/c1-4-32-26(31)29-18-17-22-15-16-23(29)27(3)25(30)19(2)24(20-11-7-5-8-12-20)28(22,27)21-13-9-6-10-14-21/h5-18,22-23H,4H2,1-3H3/t22-,23-,27-,28-/m0/s1. The van der Waals surface area contributed by atoms with Crippen molar-refractivity contribution in [2.45, 2.75) is 32.2 Å². The number of ether oxygens (including phenoxy) is 1. The molecule has 162 valence electrons. The van der Waals surface area contributed by atoms with E-state index in [1.165, 1.54) is 0 Å². The molecule has 2 aromatic carbocycles. The number of benzene rings is 2. The number of allylic oxidation sites excluding steroid dienone is 4. The number of carbonyl (C=O) groups is 2. The lowest BCUT2D eigenvalue weighted by molar-refractivity contribution is -0.128. The van der Waals surface area contributed by atoms with Crippen LogP contribution in [0.15, 0.2) is 90.7 Å². The van der Waals surface area contributed by atoms with Crippen LogP contribution in [0.2, 0.25) is 0 Å². The van der Waals surface area contributed by atoms with Gasteiger partial charge in [-0.25, -0.2) is 4.79 Å². The van der Waals surface area contributed by atoms with E-state index in [0.29, 0.717) is 0 Å². The quantitative estimate of drug-likeness (QED) is 0.608. The van der Waals surface area contributed by atoms with E-state index in [1.54, 1.807) is 11.8 Å². The molecule has 32 heavy (non-hydrogen) atoms. The van der Waals surface area contributed by atoms with Crippen molar-refractivity contribution in [3.63, 3.8) is 0 Å². The average molecular weight is 426 g/mol. The molecule has 2 bridgehead atoms. The summed E-state index contributed by atoms with van der Waals surface area (Å²) in [6, 6.07) is 20.0. The molecule has 0 unspecified atom stereocenters. The van der Waals surface area contributed by atoms with Gasteiger partial charge in [0, 0.05) is 17.5 Å². The number of fused-ring (bicyclic) bond motifs is 1. The molecule has 2 aliphatic carbocycles. The van der Waals surface area contributed by atoms with E-state index in [4.69, 9.17) is 4.74 Å². The van der Waals surface area contributed by atoms with Crippen molar-refractivity contribution >= 4 is 17.4 Å². The summed E-state index contributed by atoms with van der Waals surface area (Å²) in [6.07, 6.45) is 7.61. The minimum atomic E-state index is -0.890. The van der Waals surface area contributed by atoms with Crippen LogP contribution in [0.5, 0.6) is 0 Å². The fourth-order valence-electron chi connectivity index (χ4n) is 6.30. The molecular formula is C28H27NO3. The van der Waals surface area contributed by atoms with E-state index >= 15 is 0 Å². The van der Waals surface area contributed by atoms with Gasteiger partial charge in [0.25, 0.3) is 0 Å². The van der Waals surface area contributed by atoms with E-state index < -0.39 is 23.0 Å². The maximum absolute atomic E-state index is 14.2. The Balaban J connectivity index is 1.84. The Morgan fingerprint density at radius 1 is 1.00 bits per heavy atom. The fraction of sp³-hybridized carbons (Fsp3) is 0.286. The fourth-order valence-corrected chi connectivity index (χ4v) is 6.30. The topological polar surface area (TPSA) is 46.6 Å². The number of amides is 1. The van der Waals surface area contributed by atoms with Gasteiger partial charge in [0.05, 0.1) is 18.1 Å². The van der Waals surface area contributed by atoms with Crippen molar-refractivity contribution in [3.05, 3.63) is 102 Å². The summed E-state index contributed by atoms with van der Waals surface area (Å²) in [6.45, 7) is 6.04. The van der Waals surface area contributed by atoms with Crippen molar-refractivity contribution in [2.24, 2.45) is 11.3 Å². The van der Waals surface area contributed by atoms with E-state index in [9.17, 15) is 9.59 Å². The molecule has 0 N–H and O–H groups in total. The molecule has 2 aliphatic heterocycles. The number of rotatable bonds is 3. The number of carbonyl (C=O) groups excluding carboxylic acids is 2. The molecule has 4 aliphatic rings. The van der Waals surface area contributed by atoms with Crippen LogP contribution in [0, 0.1) is 11.3 Å². The maximum atomic E-state index is 14.2. The molecule has 4 heteroatoms. The molecule has 0 saturated carbocycles. The lowest BCUT2D eigenvalue weighted by atomic mass is 9.49. The van der Waals surface area contributed by atoms with Gasteiger partial charge in [-0.05, 0) is 43.0 Å². The summed E-state index contributed by atoms with van der Waals surface area (Å²) in [5.41, 5.74) is 2.41. The smallest absolute Gasteiger partial charge is 0.414 e. The summed E-state index contributed by atoms with van der Waals surface area (Å²) in [4.78, 5) is 28.7. The van der Waals surface area contributed by atoms with Gasteiger partial charge in [0.1, 0.15) is 0 Å². The summed E-state index contributed by atoms with van der Waals surface area (Å²) < 4.78 is 5.37. The Labute approximate surface area is 188 Å². The minimum absolute atomic E-state index is 0.0811. The van der Waals surface area contributed by atoms with Crippen LogP contribution in [0.1, 0.15) is 31.9 Å². The van der Waals surface area contributed by atoms with Crippen LogP contribution in [0.4, 0.5) is 4.79 Å². The molecule has 0 aromatic heterocycles. The largest absolute Gasteiger partial charge is 0.449 e. The van der Waals surface area contributed by atoms with Crippen molar-refractivity contribution in [1.82, 2.24) is 4.90 Å². The zero-order valence-electron chi connectivity index (χ0n) is 18.6.